The van der Waals surface area contributed by atoms with Crippen LogP contribution in [-0.4, -0.2) is 40.4 Å². The maximum atomic E-state index is 12.5. The predicted molar refractivity (Wildman–Crippen MR) is 87.8 cm³/mol. The summed E-state index contributed by atoms with van der Waals surface area (Å²) >= 11 is 0. The van der Waals surface area contributed by atoms with Crippen LogP contribution in [0.5, 0.6) is 0 Å². The molecule has 1 aromatic heterocycles. The average molecular weight is 308 g/mol. The van der Waals surface area contributed by atoms with Gasteiger partial charge in [-0.3, -0.25) is 9.69 Å². The zero-order chi connectivity index (χ0) is 15.7. The van der Waals surface area contributed by atoms with E-state index in [0.717, 1.165) is 38.3 Å². The van der Waals surface area contributed by atoms with Crippen molar-refractivity contribution < 1.29 is 4.79 Å². The van der Waals surface area contributed by atoms with E-state index in [2.05, 4.69) is 39.1 Å². The summed E-state index contributed by atoms with van der Waals surface area (Å²) in [4.78, 5) is 24.8. The monoisotopic (exact) mass is 308 g/mol. The molecule has 1 aromatic carbocycles. The lowest BCUT2D eigenvalue weighted by atomic mass is 9.86. The summed E-state index contributed by atoms with van der Waals surface area (Å²) in [7, 11) is 0. The third kappa shape index (κ3) is 2.84. The van der Waals surface area contributed by atoms with Crippen LogP contribution in [0.2, 0.25) is 0 Å². The molecule has 2 saturated heterocycles. The Bertz CT molecular complexity index is 691. The summed E-state index contributed by atoms with van der Waals surface area (Å²) in [5, 5.41) is 0. The molecule has 23 heavy (non-hydrogen) atoms. The highest BCUT2D eigenvalue weighted by atomic mass is 16.2. The van der Waals surface area contributed by atoms with E-state index in [9.17, 15) is 4.79 Å². The molecule has 5 nitrogen and oxygen atoms in total. The Labute approximate surface area is 136 Å². The number of amides is 1. The number of aromatic nitrogens is 2. The Hall–Kier alpha value is -2.27. The molecule has 0 unspecified atom stereocenters. The van der Waals surface area contributed by atoms with E-state index in [0.29, 0.717) is 6.42 Å². The molecule has 2 aromatic rings. The Morgan fingerprint density at radius 1 is 1.09 bits per heavy atom. The average Bonchev–Trinajstić information content (AvgIpc) is 3.12. The Balaban J connectivity index is 1.45. The van der Waals surface area contributed by atoms with E-state index in [4.69, 9.17) is 0 Å². The lowest BCUT2D eigenvalue weighted by Crippen LogP contribution is -2.31. The normalized spacial score (nSPS) is 24.7. The number of benzene rings is 1. The molecule has 0 N–H and O–H groups in total. The SMILES string of the molecule is O=C1C[C@@]2(CCN(Cc3ccccc3)C2)CN1c1cncnc1. The predicted octanol–water partition coefficient (Wildman–Crippen LogP) is 2.11. The number of carbonyl (C=O) groups excluding carboxylic acids is 1. The van der Waals surface area contributed by atoms with Gasteiger partial charge in [-0.05, 0) is 18.5 Å². The van der Waals surface area contributed by atoms with E-state index < -0.39 is 0 Å². The molecule has 118 valence electrons. The van der Waals surface area contributed by atoms with Crippen molar-refractivity contribution in [2.24, 2.45) is 5.41 Å². The highest BCUT2D eigenvalue weighted by molar-refractivity contribution is 5.96. The second-order valence-electron chi connectivity index (χ2n) is 6.70. The molecule has 0 aliphatic carbocycles. The summed E-state index contributed by atoms with van der Waals surface area (Å²) in [5.74, 6) is 0.196. The second-order valence-corrected chi connectivity index (χ2v) is 6.70. The molecule has 2 aliphatic rings. The van der Waals surface area contributed by atoms with Crippen molar-refractivity contribution in [3.63, 3.8) is 0 Å². The van der Waals surface area contributed by atoms with E-state index in [1.165, 1.54) is 11.9 Å². The van der Waals surface area contributed by atoms with Crippen LogP contribution < -0.4 is 4.90 Å². The smallest absolute Gasteiger partial charge is 0.227 e. The van der Waals surface area contributed by atoms with E-state index in [1.54, 1.807) is 12.4 Å². The van der Waals surface area contributed by atoms with Gasteiger partial charge in [0.05, 0.1) is 18.1 Å². The van der Waals surface area contributed by atoms with Crippen LogP contribution in [-0.2, 0) is 11.3 Å². The van der Waals surface area contributed by atoms with Crippen molar-refractivity contribution in [3.8, 4) is 0 Å². The molecule has 0 radical (unpaired) electrons. The van der Waals surface area contributed by atoms with Gasteiger partial charge >= 0.3 is 0 Å². The van der Waals surface area contributed by atoms with E-state index >= 15 is 0 Å². The number of likely N-dealkylation sites (tertiary alicyclic amines) is 1. The summed E-state index contributed by atoms with van der Waals surface area (Å²) < 4.78 is 0. The summed E-state index contributed by atoms with van der Waals surface area (Å²) in [6, 6.07) is 10.5. The van der Waals surface area contributed by atoms with Gasteiger partial charge in [0.25, 0.3) is 0 Å². The number of anilines is 1. The molecule has 1 spiro atoms. The molecule has 0 bridgehead atoms. The third-order valence-corrected chi connectivity index (χ3v) is 4.95. The van der Waals surface area contributed by atoms with Crippen LogP contribution in [0, 0.1) is 5.41 Å². The van der Waals surface area contributed by atoms with Crippen LogP contribution in [0.25, 0.3) is 0 Å². The number of nitrogens with zero attached hydrogens (tertiary/aromatic N) is 4. The molecular formula is C18H20N4O. The fraction of sp³-hybridized carbons (Fsp3) is 0.389. The maximum absolute atomic E-state index is 12.5. The zero-order valence-electron chi connectivity index (χ0n) is 13.1. The summed E-state index contributed by atoms with van der Waals surface area (Å²) in [6.45, 7) is 3.79. The topological polar surface area (TPSA) is 49.3 Å². The van der Waals surface area contributed by atoms with Crippen molar-refractivity contribution in [1.82, 2.24) is 14.9 Å². The first-order chi connectivity index (χ1) is 11.2. The van der Waals surface area contributed by atoms with Gasteiger partial charge in [0, 0.05) is 31.5 Å². The van der Waals surface area contributed by atoms with Crippen LogP contribution in [0.1, 0.15) is 18.4 Å². The molecule has 0 saturated carbocycles. The first kappa shape index (κ1) is 14.3. The number of rotatable bonds is 3. The van der Waals surface area contributed by atoms with Crippen molar-refractivity contribution >= 4 is 11.6 Å². The first-order valence-corrected chi connectivity index (χ1v) is 8.06. The maximum Gasteiger partial charge on any atom is 0.227 e. The van der Waals surface area contributed by atoms with Crippen LogP contribution in [0.3, 0.4) is 0 Å². The molecule has 1 amide bonds. The fourth-order valence-electron chi connectivity index (χ4n) is 3.84. The van der Waals surface area contributed by atoms with Gasteiger partial charge in [-0.1, -0.05) is 30.3 Å². The van der Waals surface area contributed by atoms with Crippen LogP contribution in [0.4, 0.5) is 5.69 Å². The fourth-order valence-corrected chi connectivity index (χ4v) is 3.84. The van der Waals surface area contributed by atoms with Gasteiger partial charge in [0.2, 0.25) is 5.91 Å². The minimum absolute atomic E-state index is 0.0850. The Morgan fingerprint density at radius 3 is 2.65 bits per heavy atom. The molecule has 2 fully saturated rings. The summed E-state index contributed by atoms with van der Waals surface area (Å²) in [6.07, 6.45) is 6.65. The zero-order valence-corrected chi connectivity index (χ0v) is 13.1. The minimum Gasteiger partial charge on any atom is -0.309 e. The van der Waals surface area contributed by atoms with Gasteiger partial charge in [-0.15, -0.1) is 0 Å². The van der Waals surface area contributed by atoms with Gasteiger partial charge in [-0.25, -0.2) is 9.97 Å². The van der Waals surface area contributed by atoms with E-state index in [-0.39, 0.29) is 11.3 Å². The van der Waals surface area contributed by atoms with Crippen molar-refractivity contribution in [2.45, 2.75) is 19.4 Å². The highest BCUT2D eigenvalue weighted by Gasteiger charge is 2.47. The standard InChI is InChI=1S/C18H20N4O/c23-17-8-18(13-22(17)16-9-19-14-20-10-16)6-7-21(12-18)11-15-4-2-1-3-5-15/h1-5,9-10,14H,6-8,11-13H2/t18-/m1/s1. The lowest BCUT2D eigenvalue weighted by Gasteiger charge is -2.24. The van der Waals surface area contributed by atoms with Crippen molar-refractivity contribution in [2.75, 3.05) is 24.5 Å². The largest absolute Gasteiger partial charge is 0.309 e. The van der Waals surface area contributed by atoms with Gasteiger partial charge in [0.15, 0.2) is 0 Å². The first-order valence-electron chi connectivity index (χ1n) is 8.06. The number of hydrogen-bond donors (Lipinski definition) is 0. The second kappa shape index (κ2) is 5.74. The van der Waals surface area contributed by atoms with Gasteiger partial charge in [-0.2, -0.15) is 0 Å². The number of hydrogen-bond acceptors (Lipinski definition) is 4. The highest BCUT2D eigenvalue weighted by Crippen LogP contribution is 2.41. The van der Waals surface area contributed by atoms with Gasteiger partial charge < -0.3 is 4.90 Å². The number of carbonyl (C=O) groups is 1. The van der Waals surface area contributed by atoms with Crippen LogP contribution in [0.15, 0.2) is 49.1 Å². The van der Waals surface area contributed by atoms with Crippen LogP contribution >= 0.6 is 0 Å². The molecule has 3 heterocycles. The molecular weight excluding hydrogens is 288 g/mol. The van der Waals surface area contributed by atoms with Gasteiger partial charge in [0.1, 0.15) is 6.33 Å². The molecule has 2 aliphatic heterocycles. The lowest BCUT2D eigenvalue weighted by molar-refractivity contribution is -0.117. The Kier molecular flexibility index (Phi) is 3.58. The third-order valence-electron chi connectivity index (χ3n) is 4.95. The molecule has 5 heteroatoms. The Morgan fingerprint density at radius 2 is 1.87 bits per heavy atom. The van der Waals surface area contributed by atoms with Crippen molar-refractivity contribution in [3.05, 3.63) is 54.6 Å². The van der Waals surface area contributed by atoms with Crippen molar-refractivity contribution in [1.29, 1.82) is 0 Å². The van der Waals surface area contributed by atoms with E-state index in [1.807, 2.05) is 11.0 Å². The quantitative estimate of drug-likeness (QED) is 0.871. The summed E-state index contributed by atoms with van der Waals surface area (Å²) in [5.41, 5.74) is 2.24. The minimum atomic E-state index is 0.0850. The molecule has 4 rings (SSSR count). The molecule has 1 atom stereocenters.